The number of aromatic carboxylic acids is 1. The Labute approximate surface area is 227 Å². The Morgan fingerprint density at radius 3 is 2.62 bits per heavy atom. The molecular formula is C29H27F2N3O4S. The summed E-state index contributed by atoms with van der Waals surface area (Å²) < 4.78 is 41.1. The molecule has 2 bridgehead atoms. The van der Waals surface area contributed by atoms with E-state index in [4.69, 9.17) is 14.2 Å². The summed E-state index contributed by atoms with van der Waals surface area (Å²) in [6, 6.07) is 7.46. The van der Waals surface area contributed by atoms with Crippen LogP contribution in [0.25, 0.3) is 21.5 Å². The fraction of sp³-hybridized carbons (Fsp3) is 0.414. The highest BCUT2D eigenvalue weighted by Crippen LogP contribution is 2.46. The van der Waals surface area contributed by atoms with Crippen LogP contribution in [0.15, 0.2) is 34.9 Å². The third kappa shape index (κ3) is 4.39. The molecule has 0 amide bonds. The number of benzene rings is 2. The molecule has 2 aliphatic heterocycles. The summed E-state index contributed by atoms with van der Waals surface area (Å²) in [5.74, 6) is -1.21. The number of aryl methyl sites for hydroxylation is 1. The zero-order valence-electron chi connectivity index (χ0n) is 21.3. The van der Waals surface area contributed by atoms with Crippen LogP contribution in [0.3, 0.4) is 0 Å². The highest BCUT2D eigenvalue weighted by Gasteiger charge is 2.43. The highest BCUT2D eigenvalue weighted by molar-refractivity contribution is 7.22. The third-order valence-corrected chi connectivity index (χ3v) is 9.26. The molecule has 39 heavy (non-hydrogen) atoms. The summed E-state index contributed by atoms with van der Waals surface area (Å²) in [7, 11) is 0. The minimum Gasteiger partial charge on any atom is -0.478 e. The van der Waals surface area contributed by atoms with Crippen LogP contribution in [0.5, 0.6) is 0 Å². The number of anilines is 1. The summed E-state index contributed by atoms with van der Waals surface area (Å²) in [5, 5.41) is 14.5. The smallest absolute Gasteiger partial charge is 0.335 e. The van der Waals surface area contributed by atoms with Gasteiger partial charge in [-0.1, -0.05) is 16.5 Å². The Morgan fingerprint density at radius 2 is 1.92 bits per heavy atom. The normalized spacial score (nSPS) is 22.6. The van der Waals surface area contributed by atoms with Crippen molar-refractivity contribution in [1.29, 1.82) is 0 Å². The van der Waals surface area contributed by atoms with Crippen LogP contribution in [0.2, 0.25) is 0 Å². The monoisotopic (exact) mass is 551 g/mol. The van der Waals surface area contributed by atoms with E-state index in [0.717, 1.165) is 76.8 Å². The Balaban J connectivity index is 1.10. The number of nitrogens with zero attached hydrogens (tertiary/aromatic N) is 3. The van der Waals surface area contributed by atoms with Crippen LogP contribution < -0.4 is 4.90 Å². The first-order chi connectivity index (χ1) is 18.9. The van der Waals surface area contributed by atoms with Gasteiger partial charge in [0.05, 0.1) is 28.5 Å². The molecule has 1 saturated carbocycles. The minimum absolute atomic E-state index is 0.0290. The minimum atomic E-state index is -0.934. The lowest BCUT2D eigenvalue weighted by atomic mass is 10.00. The van der Waals surface area contributed by atoms with E-state index in [-0.39, 0.29) is 41.8 Å². The second-order valence-corrected chi connectivity index (χ2v) is 11.9. The molecule has 2 unspecified atom stereocenters. The molecule has 7 nitrogen and oxygen atoms in total. The molecule has 3 atom stereocenters. The molecule has 1 aliphatic carbocycles. The van der Waals surface area contributed by atoms with Gasteiger partial charge in [-0.15, -0.1) is 0 Å². The number of thiazole rings is 1. The number of aromatic nitrogens is 2. The number of carboxylic acid groups (broad SMARTS) is 1. The second-order valence-electron chi connectivity index (χ2n) is 10.9. The number of carbonyl (C=O) groups is 1. The maximum atomic E-state index is 14.6. The summed E-state index contributed by atoms with van der Waals surface area (Å²) in [4.78, 5) is 18.8. The Hall–Kier alpha value is -3.37. The van der Waals surface area contributed by atoms with Crippen molar-refractivity contribution >= 4 is 32.7 Å². The average Bonchev–Trinajstić information content (AvgIpc) is 3.41. The second kappa shape index (κ2) is 9.38. The lowest BCUT2D eigenvalue weighted by Gasteiger charge is -2.38. The maximum absolute atomic E-state index is 14.6. The Kier molecular flexibility index (Phi) is 5.93. The highest BCUT2D eigenvalue weighted by atomic mass is 32.1. The molecular weight excluding hydrogens is 524 g/mol. The number of hydrogen-bond donors (Lipinski definition) is 1. The molecule has 2 aromatic carbocycles. The quantitative estimate of drug-likeness (QED) is 0.269. The maximum Gasteiger partial charge on any atom is 0.335 e. The van der Waals surface area contributed by atoms with Gasteiger partial charge in [0.25, 0.3) is 0 Å². The molecule has 202 valence electrons. The van der Waals surface area contributed by atoms with Crippen molar-refractivity contribution in [3.8, 4) is 11.3 Å². The van der Waals surface area contributed by atoms with Crippen molar-refractivity contribution in [1.82, 2.24) is 10.1 Å². The van der Waals surface area contributed by atoms with Crippen LogP contribution in [0.4, 0.5) is 13.9 Å². The van der Waals surface area contributed by atoms with Crippen molar-refractivity contribution in [2.45, 2.75) is 76.2 Å². The zero-order chi connectivity index (χ0) is 26.8. The number of ether oxygens (including phenoxy) is 1. The fourth-order valence-electron chi connectivity index (χ4n) is 6.22. The van der Waals surface area contributed by atoms with Crippen molar-refractivity contribution in [3.63, 3.8) is 0 Å². The van der Waals surface area contributed by atoms with Crippen molar-refractivity contribution in [3.05, 3.63) is 64.4 Å². The first-order valence-electron chi connectivity index (χ1n) is 13.3. The van der Waals surface area contributed by atoms with E-state index in [1.54, 1.807) is 23.5 Å². The lowest BCUT2D eigenvalue weighted by molar-refractivity contribution is 0.0147. The predicted octanol–water partition coefficient (Wildman–Crippen LogP) is 6.83. The molecule has 10 heteroatoms. The van der Waals surface area contributed by atoms with Gasteiger partial charge < -0.3 is 19.3 Å². The third-order valence-electron chi connectivity index (χ3n) is 8.25. The van der Waals surface area contributed by atoms with E-state index < -0.39 is 17.6 Å². The molecule has 7 rings (SSSR count). The summed E-state index contributed by atoms with van der Waals surface area (Å²) in [6.07, 6.45) is 5.82. The van der Waals surface area contributed by atoms with E-state index in [1.165, 1.54) is 12.1 Å². The summed E-state index contributed by atoms with van der Waals surface area (Å²) >= 11 is 1.55. The van der Waals surface area contributed by atoms with Crippen LogP contribution in [0, 0.1) is 18.6 Å². The average molecular weight is 552 g/mol. The molecule has 2 saturated heterocycles. The molecule has 0 radical (unpaired) electrons. The molecule has 2 aromatic heterocycles. The van der Waals surface area contributed by atoms with Crippen LogP contribution in [0.1, 0.15) is 71.7 Å². The first kappa shape index (κ1) is 24.7. The summed E-state index contributed by atoms with van der Waals surface area (Å²) in [6.45, 7) is 2.17. The van der Waals surface area contributed by atoms with Crippen molar-refractivity contribution in [2.24, 2.45) is 0 Å². The topological polar surface area (TPSA) is 88.7 Å². The molecule has 3 aliphatic rings. The van der Waals surface area contributed by atoms with Crippen LogP contribution in [-0.2, 0) is 11.3 Å². The van der Waals surface area contributed by atoms with Gasteiger partial charge in [-0.3, -0.25) is 0 Å². The number of rotatable bonds is 7. The molecule has 4 heterocycles. The molecule has 3 fully saturated rings. The van der Waals surface area contributed by atoms with Gasteiger partial charge in [0.2, 0.25) is 0 Å². The largest absolute Gasteiger partial charge is 0.478 e. The van der Waals surface area contributed by atoms with Crippen molar-refractivity contribution < 1.29 is 27.9 Å². The number of piperidine rings is 1. The van der Waals surface area contributed by atoms with Crippen LogP contribution in [-0.4, -0.2) is 39.4 Å². The number of halogens is 2. The van der Waals surface area contributed by atoms with E-state index in [1.807, 2.05) is 6.92 Å². The molecule has 0 spiro atoms. The van der Waals surface area contributed by atoms with E-state index in [2.05, 4.69) is 10.1 Å². The van der Waals surface area contributed by atoms with Gasteiger partial charge >= 0.3 is 5.97 Å². The zero-order valence-corrected chi connectivity index (χ0v) is 22.1. The Morgan fingerprint density at radius 1 is 1.15 bits per heavy atom. The van der Waals surface area contributed by atoms with Gasteiger partial charge in [-0.25, -0.2) is 18.6 Å². The van der Waals surface area contributed by atoms with Crippen LogP contribution >= 0.6 is 11.3 Å². The van der Waals surface area contributed by atoms with Gasteiger partial charge in [0.1, 0.15) is 23.1 Å². The van der Waals surface area contributed by atoms with Gasteiger partial charge in [-0.05, 0) is 75.3 Å². The number of hydrogen-bond acceptors (Lipinski definition) is 7. The standard InChI is InChI=1S/C29H27F2N3O4S/c1-14-8-16(28(35)36)9-24-25(14)32-29(39-24)34-18-5-6-19(34)12-20(11-18)37-13-22-26(33-38-27(22)15-2-3-15)21-7-4-17(30)10-23(21)31/h4,7-10,15,18-20H,2-3,5-6,11-13H2,1H3,(H,35,36)/t18-,19?,20?/m0/s1. The molecule has 4 aromatic rings. The number of fused-ring (bicyclic) bond motifs is 3. The van der Waals surface area contributed by atoms with E-state index in [9.17, 15) is 18.7 Å². The van der Waals surface area contributed by atoms with E-state index in [0.29, 0.717) is 5.69 Å². The predicted molar refractivity (Wildman–Crippen MR) is 142 cm³/mol. The van der Waals surface area contributed by atoms with Crippen molar-refractivity contribution in [2.75, 3.05) is 4.90 Å². The van der Waals surface area contributed by atoms with Gasteiger partial charge in [0, 0.05) is 35.2 Å². The number of carboxylic acids is 1. The SMILES string of the molecule is Cc1cc(C(=O)O)cc2sc(N3C4CC[C@H]3CC(OCc3c(-c5ccc(F)cc5F)noc3C3CC3)C4)nc12. The molecule has 1 N–H and O–H groups in total. The fourth-order valence-corrected chi connectivity index (χ4v) is 7.44. The van der Waals surface area contributed by atoms with Gasteiger partial charge in [-0.2, -0.15) is 0 Å². The first-order valence-corrected chi connectivity index (χ1v) is 14.2. The summed E-state index contributed by atoms with van der Waals surface area (Å²) in [5.41, 5.74) is 3.38. The van der Waals surface area contributed by atoms with Gasteiger partial charge in [0.15, 0.2) is 5.13 Å². The Bertz CT molecular complexity index is 1580. The lowest BCUT2D eigenvalue weighted by Crippen LogP contribution is -2.45. The van der Waals surface area contributed by atoms with E-state index >= 15 is 0 Å².